The predicted octanol–water partition coefficient (Wildman–Crippen LogP) is 0.233. The highest BCUT2D eigenvalue weighted by atomic mass is 15.3. The van der Waals surface area contributed by atoms with Crippen LogP contribution in [0, 0.1) is 0 Å². The maximum absolute atomic E-state index is 5.50. The minimum Gasteiger partial charge on any atom is -0.384 e. The fourth-order valence-corrected chi connectivity index (χ4v) is 0.721. The van der Waals surface area contributed by atoms with Crippen molar-refractivity contribution >= 4 is 11.6 Å². The highest BCUT2D eigenvalue weighted by Crippen LogP contribution is 2.06. The van der Waals surface area contributed by atoms with Gasteiger partial charge in [-0.05, 0) is 0 Å². The number of rotatable bonds is 2. The summed E-state index contributed by atoms with van der Waals surface area (Å²) >= 11 is 0. The molecule has 4 nitrogen and oxygen atoms in total. The number of aromatic nitrogens is 2. The molecule has 0 saturated heterocycles. The molecule has 1 heterocycles. The molecule has 0 fully saturated rings. The van der Waals surface area contributed by atoms with Crippen molar-refractivity contribution in [1.29, 1.82) is 0 Å². The second-order valence-electron chi connectivity index (χ2n) is 1.96. The second-order valence-corrected chi connectivity index (χ2v) is 1.96. The lowest BCUT2D eigenvalue weighted by atomic mass is 10.6. The first kappa shape index (κ1) is 6.67. The van der Waals surface area contributed by atoms with Crippen molar-refractivity contribution in [2.24, 2.45) is 0 Å². The molecule has 0 aliphatic carbocycles. The molecule has 0 unspecified atom stereocenters. The van der Waals surface area contributed by atoms with E-state index >= 15 is 0 Å². The van der Waals surface area contributed by atoms with Gasteiger partial charge in [0.25, 0.3) is 0 Å². The molecule has 4 N–H and O–H groups in total. The number of nitrogen functional groups attached to an aromatic ring is 2. The Balaban J connectivity index is 2.91. The van der Waals surface area contributed by atoms with E-state index in [0.29, 0.717) is 18.2 Å². The van der Waals surface area contributed by atoms with Crippen LogP contribution in [0.15, 0.2) is 18.7 Å². The lowest BCUT2D eigenvalue weighted by molar-refractivity contribution is 0.717. The molecule has 1 aromatic heterocycles. The Morgan fingerprint density at radius 2 is 2.40 bits per heavy atom. The molecular weight excluding hydrogens is 128 g/mol. The minimum absolute atomic E-state index is 0.444. The third kappa shape index (κ3) is 1.10. The first-order chi connectivity index (χ1) is 4.74. The molecule has 0 radical (unpaired) electrons. The highest BCUT2D eigenvalue weighted by Gasteiger charge is 1.97. The zero-order valence-corrected chi connectivity index (χ0v) is 5.62. The summed E-state index contributed by atoms with van der Waals surface area (Å²) in [4.78, 5) is 0. The van der Waals surface area contributed by atoms with E-state index in [4.69, 9.17) is 11.5 Å². The topological polar surface area (TPSA) is 69.9 Å². The number of nitrogens with two attached hydrogens (primary N) is 2. The molecule has 10 heavy (non-hydrogen) atoms. The molecule has 0 bridgehead atoms. The Hall–Kier alpha value is -1.45. The second kappa shape index (κ2) is 2.43. The van der Waals surface area contributed by atoms with E-state index in [1.165, 1.54) is 0 Å². The van der Waals surface area contributed by atoms with Crippen molar-refractivity contribution in [1.82, 2.24) is 9.78 Å². The van der Waals surface area contributed by atoms with E-state index in [-0.39, 0.29) is 0 Å². The summed E-state index contributed by atoms with van der Waals surface area (Å²) in [6, 6.07) is 1.61. The van der Waals surface area contributed by atoms with Crippen LogP contribution in [0.5, 0.6) is 0 Å². The van der Waals surface area contributed by atoms with Crippen LogP contribution in [0.3, 0.4) is 0 Å². The predicted molar refractivity (Wildman–Crippen MR) is 41.2 cm³/mol. The van der Waals surface area contributed by atoms with Gasteiger partial charge in [-0.25, -0.2) is 4.68 Å². The van der Waals surface area contributed by atoms with E-state index in [1.807, 2.05) is 0 Å². The zero-order valence-electron chi connectivity index (χ0n) is 5.62. The first-order valence-electron chi connectivity index (χ1n) is 2.93. The highest BCUT2D eigenvalue weighted by molar-refractivity contribution is 5.41. The third-order valence-electron chi connectivity index (χ3n) is 1.13. The van der Waals surface area contributed by atoms with E-state index in [9.17, 15) is 0 Å². The van der Waals surface area contributed by atoms with Crippen molar-refractivity contribution in [2.45, 2.75) is 6.54 Å². The molecule has 0 amide bonds. The number of allylic oxidation sites excluding steroid dienone is 1. The molecule has 0 aromatic carbocycles. The maximum atomic E-state index is 5.50. The summed E-state index contributed by atoms with van der Waals surface area (Å²) in [5, 5.41) is 3.90. The van der Waals surface area contributed by atoms with Gasteiger partial charge in [-0.1, -0.05) is 6.08 Å². The van der Waals surface area contributed by atoms with Crippen LogP contribution >= 0.6 is 0 Å². The van der Waals surface area contributed by atoms with Gasteiger partial charge < -0.3 is 11.5 Å². The Kier molecular flexibility index (Phi) is 1.62. The van der Waals surface area contributed by atoms with Gasteiger partial charge >= 0.3 is 0 Å². The molecular formula is C6H10N4. The summed E-state index contributed by atoms with van der Waals surface area (Å²) in [6.07, 6.45) is 1.71. The number of hydrogen-bond donors (Lipinski definition) is 2. The zero-order chi connectivity index (χ0) is 7.56. The van der Waals surface area contributed by atoms with Gasteiger partial charge in [-0.3, -0.25) is 0 Å². The third-order valence-corrected chi connectivity index (χ3v) is 1.13. The van der Waals surface area contributed by atoms with Crippen LogP contribution < -0.4 is 11.5 Å². The average molecular weight is 138 g/mol. The Morgan fingerprint density at radius 3 is 2.80 bits per heavy atom. The van der Waals surface area contributed by atoms with Crippen LogP contribution in [0.1, 0.15) is 0 Å². The normalized spacial score (nSPS) is 9.60. The van der Waals surface area contributed by atoms with Crippen molar-refractivity contribution in [3.8, 4) is 0 Å². The Morgan fingerprint density at radius 1 is 1.70 bits per heavy atom. The summed E-state index contributed by atoms with van der Waals surface area (Å²) in [5.41, 5.74) is 10.9. The van der Waals surface area contributed by atoms with Gasteiger partial charge in [0.2, 0.25) is 0 Å². The smallest absolute Gasteiger partial charge is 0.147 e. The molecule has 0 aliphatic heterocycles. The number of hydrogen-bond acceptors (Lipinski definition) is 3. The standard InChI is InChI=1S/C6H10N4/c1-2-3-10-6(8)4-5(7)9-10/h2,4H,1,3,8H2,(H2,7,9). The van der Waals surface area contributed by atoms with Gasteiger partial charge in [0.1, 0.15) is 11.6 Å². The summed E-state index contributed by atoms with van der Waals surface area (Å²) in [7, 11) is 0. The van der Waals surface area contributed by atoms with Crippen molar-refractivity contribution in [3.63, 3.8) is 0 Å². The van der Waals surface area contributed by atoms with E-state index in [0.717, 1.165) is 0 Å². The van der Waals surface area contributed by atoms with Gasteiger partial charge in [0.15, 0.2) is 0 Å². The van der Waals surface area contributed by atoms with Gasteiger partial charge in [-0.2, -0.15) is 5.10 Å². The van der Waals surface area contributed by atoms with Crippen molar-refractivity contribution < 1.29 is 0 Å². The van der Waals surface area contributed by atoms with E-state index < -0.39 is 0 Å². The average Bonchev–Trinajstić information content (AvgIpc) is 2.13. The molecule has 4 heteroatoms. The molecule has 0 spiro atoms. The first-order valence-corrected chi connectivity index (χ1v) is 2.93. The van der Waals surface area contributed by atoms with Gasteiger partial charge in [0, 0.05) is 6.07 Å². The lowest BCUT2D eigenvalue weighted by Crippen LogP contribution is -2.02. The molecule has 54 valence electrons. The molecule has 0 atom stereocenters. The van der Waals surface area contributed by atoms with Gasteiger partial charge in [-0.15, -0.1) is 6.58 Å². The van der Waals surface area contributed by atoms with Crippen LogP contribution in [0.4, 0.5) is 11.6 Å². The van der Waals surface area contributed by atoms with Gasteiger partial charge in [0.05, 0.1) is 6.54 Å². The minimum atomic E-state index is 0.444. The molecule has 0 aliphatic rings. The quantitative estimate of drug-likeness (QED) is 0.575. The molecule has 0 saturated carbocycles. The van der Waals surface area contributed by atoms with Crippen LogP contribution in [-0.2, 0) is 6.54 Å². The Bertz CT molecular complexity index is 238. The van der Waals surface area contributed by atoms with Crippen LogP contribution in [0.2, 0.25) is 0 Å². The summed E-state index contributed by atoms with van der Waals surface area (Å²) < 4.78 is 1.59. The number of anilines is 2. The van der Waals surface area contributed by atoms with Crippen molar-refractivity contribution in [3.05, 3.63) is 18.7 Å². The largest absolute Gasteiger partial charge is 0.384 e. The summed E-state index contributed by atoms with van der Waals surface area (Å²) in [5.74, 6) is 1.01. The van der Waals surface area contributed by atoms with Crippen LogP contribution in [-0.4, -0.2) is 9.78 Å². The fourth-order valence-electron chi connectivity index (χ4n) is 0.721. The maximum Gasteiger partial charge on any atom is 0.147 e. The monoisotopic (exact) mass is 138 g/mol. The summed E-state index contributed by atoms with van der Waals surface area (Å²) in [6.45, 7) is 4.15. The lowest BCUT2D eigenvalue weighted by Gasteiger charge is -1.95. The number of nitrogens with zero attached hydrogens (tertiary/aromatic N) is 2. The fraction of sp³-hybridized carbons (Fsp3) is 0.167. The molecule has 1 rings (SSSR count). The molecule has 1 aromatic rings. The van der Waals surface area contributed by atoms with Crippen LogP contribution in [0.25, 0.3) is 0 Å². The van der Waals surface area contributed by atoms with Crippen molar-refractivity contribution in [2.75, 3.05) is 11.5 Å². The SMILES string of the molecule is C=CCn1nc(N)cc1N. The van der Waals surface area contributed by atoms with E-state index in [1.54, 1.807) is 16.8 Å². The van der Waals surface area contributed by atoms with E-state index in [2.05, 4.69) is 11.7 Å². The Labute approximate surface area is 59.1 Å².